The first-order valence-corrected chi connectivity index (χ1v) is 22.0. The SMILES string of the molecule is CC1(C)c2cc(-c3ccccc3)ccc2-c2ccc(N(c3ccc(-c4ccc5sc6ccccc6c5c4)cc3)c3ccc(-c4cc5ccccc5c5ccccc45)cc3)cc21. The third-order valence-corrected chi connectivity index (χ3v) is 14.2. The zero-order valence-electron chi connectivity index (χ0n) is 34.1. The Hall–Kier alpha value is -7.26. The monoisotopic (exact) mass is 795 g/mol. The largest absolute Gasteiger partial charge is 0.310 e. The molecule has 1 aliphatic carbocycles. The van der Waals surface area contributed by atoms with Gasteiger partial charge >= 0.3 is 0 Å². The van der Waals surface area contributed by atoms with Crippen LogP contribution in [0.5, 0.6) is 0 Å². The number of thiophene rings is 1. The second-order valence-electron chi connectivity index (χ2n) is 16.9. The number of hydrogen-bond acceptors (Lipinski definition) is 2. The summed E-state index contributed by atoms with van der Waals surface area (Å²) in [6.07, 6.45) is 0. The molecule has 0 unspecified atom stereocenters. The van der Waals surface area contributed by atoms with Crippen molar-refractivity contribution in [2.24, 2.45) is 0 Å². The number of nitrogens with zero attached hydrogens (tertiary/aromatic N) is 1. The molecule has 10 aromatic carbocycles. The van der Waals surface area contributed by atoms with E-state index in [1.165, 1.54) is 97.4 Å². The molecule has 0 spiro atoms. The van der Waals surface area contributed by atoms with Crippen LogP contribution in [0, 0.1) is 0 Å². The Balaban J connectivity index is 0.970. The number of fused-ring (bicyclic) bond motifs is 9. The minimum absolute atomic E-state index is 0.174. The Kier molecular flexibility index (Phi) is 8.13. The summed E-state index contributed by atoms with van der Waals surface area (Å²) >= 11 is 1.86. The van der Waals surface area contributed by atoms with Crippen LogP contribution in [0.4, 0.5) is 17.1 Å². The molecule has 11 aromatic rings. The lowest BCUT2D eigenvalue weighted by atomic mass is 9.81. The van der Waals surface area contributed by atoms with E-state index in [2.05, 4.69) is 231 Å². The Morgan fingerprint density at radius 3 is 1.62 bits per heavy atom. The maximum Gasteiger partial charge on any atom is 0.0465 e. The third-order valence-electron chi connectivity index (χ3n) is 13.1. The molecule has 0 amide bonds. The van der Waals surface area contributed by atoms with Crippen LogP contribution in [0.2, 0.25) is 0 Å². The van der Waals surface area contributed by atoms with Crippen molar-refractivity contribution in [2.45, 2.75) is 19.3 Å². The summed E-state index contributed by atoms with van der Waals surface area (Å²) in [4.78, 5) is 2.43. The molecule has 288 valence electrons. The molecule has 1 heterocycles. The molecule has 2 heteroatoms. The lowest BCUT2D eigenvalue weighted by molar-refractivity contribution is 0.660. The van der Waals surface area contributed by atoms with Crippen molar-refractivity contribution >= 4 is 70.1 Å². The van der Waals surface area contributed by atoms with E-state index in [4.69, 9.17) is 0 Å². The zero-order chi connectivity index (χ0) is 40.7. The van der Waals surface area contributed by atoms with Crippen LogP contribution >= 0.6 is 11.3 Å². The predicted octanol–water partition coefficient (Wildman–Crippen LogP) is 17.1. The highest BCUT2D eigenvalue weighted by molar-refractivity contribution is 7.25. The summed E-state index contributed by atoms with van der Waals surface area (Å²) in [5.74, 6) is 0. The van der Waals surface area contributed by atoms with Crippen molar-refractivity contribution in [2.75, 3.05) is 4.90 Å². The summed E-state index contributed by atoms with van der Waals surface area (Å²) < 4.78 is 2.66. The van der Waals surface area contributed by atoms with Gasteiger partial charge in [0.1, 0.15) is 0 Å². The summed E-state index contributed by atoms with van der Waals surface area (Å²) in [5.41, 5.74) is 16.0. The first kappa shape index (κ1) is 35.7. The Labute approximate surface area is 360 Å². The summed E-state index contributed by atoms with van der Waals surface area (Å²) in [6, 6.07) is 78.7. The number of rotatable bonds is 6. The minimum Gasteiger partial charge on any atom is -0.310 e. The number of benzene rings is 10. The van der Waals surface area contributed by atoms with Crippen LogP contribution in [0.1, 0.15) is 25.0 Å². The van der Waals surface area contributed by atoms with Crippen LogP contribution in [-0.4, -0.2) is 0 Å². The molecule has 61 heavy (non-hydrogen) atoms. The van der Waals surface area contributed by atoms with E-state index in [1.807, 2.05) is 11.3 Å². The molecule has 1 nitrogen and oxygen atoms in total. The van der Waals surface area contributed by atoms with Gasteiger partial charge in [0.05, 0.1) is 0 Å². The lowest BCUT2D eigenvalue weighted by Crippen LogP contribution is -2.16. The van der Waals surface area contributed by atoms with Gasteiger partial charge < -0.3 is 4.90 Å². The fourth-order valence-corrected chi connectivity index (χ4v) is 11.0. The van der Waals surface area contributed by atoms with E-state index in [0.717, 1.165) is 17.1 Å². The molecule has 0 bridgehead atoms. The molecule has 0 aliphatic heterocycles. The van der Waals surface area contributed by atoms with Gasteiger partial charge in [-0.3, -0.25) is 0 Å². The van der Waals surface area contributed by atoms with E-state index in [1.54, 1.807) is 0 Å². The van der Waals surface area contributed by atoms with Gasteiger partial charge in [-0.05, 0) is 144 Å². The highest BCUT2D eigenvalue weighted by Crippen LogP contribution is 2.52. The maximum absolute atomic E-state index is 2.44. The summed E-state index contributed by atoms with van der Waals surface area (Å²) in [7, 11) is 0. The highest BCUT2D eigenvalue weighted by Gasteiger charge is 2.36. The first-order chi connectivity index (χ1) is 30.0. The lowest BCUT2D eigenvalue weighted by Gasteiger charge is -2.28. The minimum atomic E-state index is -0.174. The molecule has 0 atom stereocenters. The molecular formula is C59H41NS. The Morgan fingerprint density at radius 1 is 0.328 bits per heavy atom. The third kappa shape index (κ3) is 5.82. The second kappa shape index (κ2) is 13.9. The van der Waals surface area contributed by atoms with Crippen LogP contribution in [0.25, 0.3) is 86.2 Å². The van der Waals surface area contributed by atoms with E-state index < -0.39 is 0 Å². The van der Waals surface area contributed by atoms with Crippen LogP contribution in [0.3, 0.4) is 0 Å². The normalized spacial score (nSPS) is 12.9. The Bertz CT molecular complexity index is 3480. The van der Waals surface area contributed by atoms with Crippen molar-refractivity contribution in [3.63, 3.8) is 0 Å². The number of hydrogen-bond donors (Lipinski definition) is 0. The summed E-state index contributed by atoms with van der Waals surface area (Å²) in [5, 5.41) is 7.74. The van der Waals surface area contributed by atoms with Crippen molar-refractivity contribution in [1.82, 2.24) is 0 Å². The molecule has 12 rings (SSSR count). The Morgan fingerprint density at radius 2 is 0.852 bits per heavy atom. The quantitative estimate of drug-likeness (QED) is 0.152. The average molecular weight is 796 g/mol. The van der Waals surface area contributed by atoms with Gasteiger partial charge in [0.15, 0.2) is 0 Å². The highest BCUT2D eigenvalue weighted by atomic mass is 32.1. The molecular weight excluding hydrogens is 755 g/mol. The van der Waals surface area contributed by atoms with Gasteiger partial charge in [-0.15, -0.1) is 11.3 Å². The standard InChI is InChI=1S/C59H41NS/c1-59(2)55-36-42(38-12-4-3-5-13-38)24-31-50(55)51-32-30-46(37-56(51)59)60(44-26-20-39(21-27-44)41-25-33-58-54(34-41)52-18-10-11-19-57(52)61-58)45-28-22-40(23-29-45)53-35-43-14-6-7-15-47(43)48-16-8-9-17-49(48)53/h3-37H,1-2H3. The molecule has 1 aromatic heterocycles. The van der Waals surface area contributed by atoms with E-state index in [9.17, 15) is 0 Å². The number of anilines is 3. The summed E-state index contributed by atoms with van der Waals surface area (Å²) in [6.45, 7) is 4.76. The first-order valence-electron chi connectivity index (χ1n) is 21.2. The van der Waals surface area contributed by atoms with Gasteiger partial charge in [-0.1, -0.05) is 159 Å². The van der Waals surface area contributed by atoms with E-state index in [-0.39, 0.29) is 5.41 Å². The van der Waals surface area contributed by atoms with Crippen LogP contribution in [-0.2, 0) is 5.41 Å². The van der Waals surface area contributed by atoms with Crippen molar-refractivity contribution in [3.05, 3.63) is 223 Å². The van der Waals surface area contributed by atoms with Crippen molar-refractivity contribution in [3.8, 4) is 44.5 Å². The van der Waals surface area contributed by atoms with E-state index >= 15 is 0 Å². The predicted molar refractivity (Wildman–Crippen MR) is 263 cm³/mol. The van der Waals surface area contributed by atoms with Gasteiger partial charge in [-0.2, -0.15) is 0 Å². The fourth-order valence-electron chi connectivity index (χ4n) is 9.91. The fraction of sp³-hybridized carbons (Fsp3) is 0.0508. The van der Waals surface area contributed by atoms with Gasteiger partial charge in [0.25, 0.3) is 0 Å². The molecule has 0 N–H and O–H groups in total. The van der Waals surface area contributed by atoms with Gasteiger partial charge in [0, 0.05) is 42.6 Å². The van der Waals surface area contributed by atoms with Crippen molar-refractivity contribution < 1.29 is 0 Å². The van der Waals surface area contributed by atoms with Gasteiger partial charge in [-0.25, -0.2) is 0 Å². The zero-order valence-corrected chi connectivity index (χ0v) is 34.9. The topological polar surface area (TPSA) is 3.24 Å². The van der Waals surface area contributed by atoms with Crippen LogP contribution < -0.4 is 4.90 Å². The molecule has 0 radical (unpaired) electrons. The maximum atomic E-state index is 2.44. The van der Waals surface area contributed by atoms with E-state index in [0.29, 0.717) is 0 Å². The molecule has 1 aliphatic rings. The molecule has 0 saturated carbocycles. The van der Waals surface area contributed by atoms with Gasteiger partial charge in [0.2, 0.25) is 0 Å². The second-order valence-corrected chi connectivity index (χ2v) is 18.0. The smallest absolute Gasteiger partial charge is 0.0465 e. The van der Waals surface area contributed by atoms with Crippen LogP contribution in [0.15, 0.2) is 212 Å². The molecule has 0 saturated heterocycles. The molecule has 0 fully saturated rings. The average Bonchev–Trinajstić information content (AvgIpc) is 3.80. The van der Waals surface area contributed by atoms with Crippen molar-refractivity contribution in [1.29, 1.82) is 0 Å².